The van der Waals surface area contributed by atoms with E-state index in [1.54, 1.807) is 31.2 Å². The van der Waals surface area contributed by atoms with Crippen LogP contribution >= 0.6 is 11.8 Å². The molecule has 1 aliphatic rings. The van der Waals surface area contributed by atoms with Crippen LogP contribution in [0.4, 0.5) is 5.69 Å². The number of methoxy groups -OCH3 is 3. The lowest BCUT2D eigenvalue weighted by Crippen LogP contribution is -2.34. The molecule has 0 spiro atoms. The Labute approximate surface area is 197 Å². The van der Waals surface area contributed by atoms with Crippen LogP contribution < -0.4 is 19.7 Å². The van der Waals surface area contributed by atoms with Crippen LogP contribution in [0.25, 0.3) is 6.08 Å². The van der Waals surface area contributed by atoms with Gasteiger partial charge in [0.1, 0.15) is 0 Å². The normalized spacial score (nSPS) is 14.4. The van der Waals surface area contributed by atoms with Gasteiger partial charge in [0.15, 0.2) is 17.8 Å². The van der Waals surface area contributed by atoms with Gasteiger partial charge in [-0.1, -0.05) is 17.8 Å². The summed E-state index contributed by atoms with van der Waals surface area (Å²) in [6.45, 7) is 2.65. The van der Waals surface area contributed by atoms with Crippen molar-refractivity contribution >= 4 is 35.3 Å². The Morgan fingerprint density at radius 1 is 1.12 bits per heavy atom. The van der Waals surface area contributed by atoms with Gasteiger partial charge in [-0.3, -0.25) is 9.59 Å². The zero-order valence-electron chi connectivity index (χ0n) is 19.3. The highest BCUT2D eigenvalue weighted by Gasteiger charge is 2.27. The lowest BCUT2D eigenvalue weighted by molar-refractivity contribution is -0.114. The van der Waals surface area contributed by atoms with E-state index in [1.165, 1.54) is 26.0 Å². The predicted molar refractivity (Wildman–Crippen MR) is 128 cm³/mol. The number of benzene rings is 2. The van der Waals surface area contributed by atoms with Gasteiger partial charge in [0.25, 0.3) is 11.8 Å². The van der Waals surface area contributed by atoms with E-state index in [9.17, 15) is 9.59 Å². The minimum atomic E-state index is -0.527. The summed E-state index contributed by atoms with van der Waals surface area (Å²) in [6, 6.07) is 10.8. The Morgan fingerprint density at radius 2 is 1.88 bits per heavy atom. The van der Waals surface area contributed by atoms with Gasteiger partial charge in [-0.05, 0) is 48.9 Å². The molecule has 0 saturated heterocycles. The number of nitrogens with zero attached hydrogens (tertiary/aromatic N) is 1. The number of nitrogens with one attached hydrogen (secondary N) is 1. The van der Waals surface area contributed by atoms with Crippen LogP contribution in [0.15, 0.2) is 46.2 Å². The Hall–Kier alpha value is -3.01. The fourth-order valence-electron chi connectivity index (χ4n) is 3.28. The Balaban J connectivity index is 1.82. The molecule has 2 aromatic carbocycles. The second-order valence-electron chi connectivity index (χ2n) is 7.11. The third-order valence-electron chi connectivity index (χ3n) is 5.06. The number of likely N-dealkylation sites (N-methyl/N-ethyl adjacent to an activating group) is 1. The molecule has 0 atom stereocenters. The molecule has 1 heterocycles. The second kappa shape index (κ2) is 11.2. The first-order chi connectivity index (χ1) is 15.9. The predicted octanol–water partition coefficient (Wildman–Crippen LogP) is 3.55. The standard InChI is InChI=1S/C24H28N2O6S/c1-6-32-18-9-7-15(11-19(18)29-3)12-21-24(28)26(2)17-13-16(8-10-20(17)33-21)23(27)25-14-22(30-4)31-5/h7-13,22H,6,14H2,1-5H3,(H,25,27)/b21-12+. The van der Waals surface area contributed by atoms with E-state index in [-0.39, 0.29) is 18.4 Å². The molecule has 0 aromatic heterocycles. The summed E-state index contributed by atoms with van der Waals surface area (Å²) >= 11 is 1.36. The maximum Gasteiger partial charge on any atom is 0.264 e. The smallest absolute Gasteiger partial charge is 0.264 e. The number of hydrogen-bond acceptors (Lipinski definition) is 7. The zero-order valence-corrected chi connectivity index (χ0v) is 20.2. The van der Waals surface area contributed by atoms with Crippen LogP contribution in [0.1, 0.15) is 22.8 Å². The number of carbonyl (C=O) groups is 2. The number of thioether (sulfide) groups is 1. The first-order valence-electron chi connectivity index (χ1n) is 10.4. The topological polar surface area (TPSA) is 86.3 Å². The molecule has 2 amide bonds. The van der Waals surface area contributed by atoms with Gasteiger partial charge in [-0.2, -0.15) is 0 Å². The van der Waals surface area contributed by atoms with Gasteiger partial charge in [0, 0.05) is 31.7 Å². The Morgan fingerprint density at radius 3 is 2.55 bits per heavy atom. The number of fused-ring (bicyclic) bond motifs is 1. The highest BCUT2D eigenvalue weighted by atomic mass is 32.2. The van der Waals surface area contributed by atoms with Crippen molar-refractivity contribution in [3.05, 3.63) is 52.4 Å². The van der Waals surface area contributed by atoms with Gasteiger partial charge in [0.2, 0.25) is 0 Å². The summed E-state index contributed by atoms with van der Waals surface area (Å²) in [5.74, 6) is 0.829. The van der Waals surface area contributed by atoms with Crippen molar-refractivity contribution in [1.82, 2.24) is 5.32 Å². The molecule has 8 nitrogen and oxygen atoms in total. The van der Waals surface area contributed by atoms with E-state index in [0.717, 1.165) is 10.5 Å². The van der Waals surface area contributed by atoms with Gasteiger partial charge in [-0.25, -0.2) is 0 Å². The molecule has 0 saturated carbocycles. The minimum Gasteiger partial charge on any atom is -0.493 e. The molecule has 1 N–H and O–H groups in total. The lowest BCUT2D eigenvalue weighted by Gasteiger charge is -2.27. The fourth-order valence-corrected chi connectivity index (χ4v) is 4.37. The van der Waals surface area contributed by atoms with Crippen LogP contribution in [0.5, 0.6) is 11.5 Å². The van der Waals surface area contributed by atoms with Crippen LogP contribution in [0.2, 0.25) is 0 Å². The van der Waals surface area contributed by atoms with E-state index >= 15 is 0 Å². The second-order valence-corrected chi connectivity index (χ2v) is 8.20. The first kappa shape index (κ1) is 24.6. The Bertz CT molecular complexity index is 1050. The highest BCUT2D eigenvalue weighted by Crippen LogP contribution is 2.42. The summed E-state index contributed by atoms with van der Waals surface area (Å²) in [5.41, 5.74) is 1.95. The number of rotatable bonds is 9. The average Bonchev–Trinajstić information content (AvgIpc) is 2.83. The minimum absolute atomic E-state index is 0.156. The quantitative estimate of drug-likeness (QED) is 0.441. The molecule has 0 aliphatic carbocycles. The first-order valence-corrected chi connectivity index (χ1v) is 11.2. The van der Waals surface area contributed by atoms with Crippen molar-refractivity contribution in [2.45, 2.75) is 18.1 Å². The van der Waals surface area contributed by atoms with Crippen molar-refractivity contribution < 1.29 is 28.5 Å². The number of amides is 2. The van der Waals surface area contributed by atoms with E-state index in [0.29, 0.717) is 34.3 Å². The fraction of sp³-hybridized carbons (Fsp3) is 0.333. The van der Waals surface area contributed by atoms with Crippen LogP contribution in [0, 0.1) is 0 Å². The number of ether oxygens (including phenoxy) is 4. The van der Waals surface area contributed by atoms with Gasteiger partial charge in [0.05, 0.1) is 30.9 Å². The average molecular weight is 473 g/mol. The number of anilines is 1. The molecule has 0 unspecified atom stereocenters. The lowest BCUT2D eigenvalue weighted by atomic mass is 10.1. The SMILES string of the molecule is CCOc1ccc(/C=C2/Sc3ccc(C(=O)NCC(OC)OC)cc3N(C)C2=O)cc1OC. The van der Waals surface area contributed by atoms with Crippen LogP contribution in [-0.4, -0.2) is 59.6 Å². The van der Waals surface area contributed by atoms with E-state index in [1.807, 2.05) is 37.3 Å². The van der Waals surface area contributed by atoms with Crippen molar-refractivity contribution in [1.29, 1.82) is 0 Å². The summed E-state index contributed by atoms with van der Waals surface area (Å²) in [5, 5.41) is 2.77. The summed E-state index contributed by atoms with van der Waals surface area (Å²) in [7, 11) is 6.29. The molecule has 0 bridgehead atoms. The molecule has 2 aromatic rings. The van der Waals surface area contributed by atoms with Gasteiger partial charge >= 0.3 is 0 Å². The third kappa shape index (κ3) is 5.68. The van der Waals surface area contributed by atoms with Crippen molar-refractivity contribution in [2.75, 3.05) is 46.4 Å². The van der Waals surface area contributed by atoms with Gasteiger partial charge < -0.3 is 29.2 Å². The monoisotopic (exact) mass is 472 g/mol. The summed E-state index contributed by atoms with van der Waals surface area (Å²) in [6.07, 6.45) is 1.29. The molecule has 0 fully saturated rings. The van der Waals surface area contributed by atoms with Crippen LogP contribution in [-0.2, 0) is 14.3 Å². The van der Waals surface area contributed by atoms with Crippen molar-refractivity contribution in [3.8, 4) is 11.5 Å². The highest BCUT2D eigenvalue weighted by molar-refractivity contribution is 8.04. The maximum atomic E-state index is 13.0. The molecular formula is C24H28N2O6S. The molecule has 33 heavy (non-hydrogen) atoms. The molecule has 176 valence electrons. The Kier molecular flexibility index (Phi) is 8.37. The van der Waals surface area contributed by atoms with E-state index < -0.39 is 6.29 Å². The third-order valence-corrected chi connectivity index (χ3v) is 6.14. The molecule has 9 heteroatoms. The van der Waals surface area contributed by atoms with E-state index in [4.69, 9.17) is 18.9 Å². The molecule has 0 radical (unpaired) electrons. The summed E-state index contributed by atoms with van der Waals surface area (Å²) in [4.78, 5) is 28.6. The van der Waals surface area contributed by atoms with Gasteiger partial charge in [-0.15, -0.1) is 0 Å². The largest absolute Gasteiger partial charge is 0.493 e. The molecule has 1 aliphatic heterocycles. The number of hydrogen-bond donors (Lipinski definition) is 1. The van der Waals surface area contributed by atoms with Crippen molar-refractivity contribution in [3.63, 3.8) is 0 Å². The van der Waals surface area contributed by atoms with E-state index in [2.05, 4.69) is 5.32 Å². The number of carbonyl (C=O) groups excluding carboxylic acids is 2. The zero-order chi connectivity index (χ0) is 24.0. The van der Waals surface area contributed by atoms with Crippen molar-refractivity contribution in [2.24, 2.45) is 0 Å². The summed E-state index contributed by atoms with van der Waals surface area (Å²) < 4.78 is 21.1. The maximum absolute atomic E-state index is 13.0. The molecular weight excluding hydrogens is 444 g/mol. The molecule has 3 rings (SSSR count). The van der Waals surface area contributed by atoms with Crippen LogP contribution in [0.3, 0.4) is 0 Å².